The van der Waals surface area contributed by atoms with Crippen LogP contribution in [0.15, 0.2) is 109 Å². The molecule has 1 aliphatic rings. The first-order chi connectivity index (χ1) is 19.9. The Hall–Kier alpha value is -4.35. The maximum absolute atomic E-state index is 9.92. The van der Waals surface area contributed by atoms with Gasteiger partial charge < -0.3 is 19.7 Å². The zero-order valence-electron chi connectivity index (χ0n) is 22.8. The van der Waals surface area contributed by atoms with Crippen molar-refractivity contribution in [3.63, 3.8) is 0 Å². The van der Waals surface area contributed by atoms with Crippen LogP contribution in [0.3, 0.4) is 0 Å². The molecule has 0 spiro atoms. The van der Waals surface area contributed by atoms with E-state index in [0.29, 0.717) is 18.9 Å². The van der Waals surface area contributed by atoms with Gasteiger partial charge in [-0.1, -0.05) is 98.8 Å². The molecule has 0 saturated heterocycles. The third-order valence-electron chi connectivity index (χ3n) is 8.52. The molecule has 0 saturated carbocycles. The molecular formula is C35H27B2O4. The van der Waals surface area contributed by atoms with Gasteiger partial charge in [0.15, 0.2) is 0 Å². The average Bonchev–Trinajstić information content (AvgIpc) is 3.21. The van der Waals surface area contributed by atoms with Crippen LogP contribution in [0.5, 0.6) is 5.75 Å². The highest BCUT2D eigenvalue weighted by atomic mass is 16.5. The lowest BCUT2D eigenvalue weighted by atomic mass is 9.75. The molecule has 197 valence electrons. The summed E-state index contributed by atoms with van der Waals surface area (Å²) in [4.78, 5) is 0. The first-order valence-corrected chi connectivity index (χ1v) is 13.7. The van der Waals surface area contributed by atoms with Gasteiger partial charge >= 0.3 is 14.8 Å². The molecule has 0 unspecified atom stereocenters. The van der Waals surface area contributed by atoms with Gasteiger partial charge in [0.2, 0.25) is 0 Å². The zero-order valence-corrected chi connectivity index (χ0v) is 22.8. The standard InChI is InChI=1S/C35H27B2O4/c1-35(2)31-17-23(37(39)40)13-15-25(31)27-19-29-30(20-32(27)35)33(21-9-5-3-6-10-21)26-16-14-24(41-36-38)18-28(26)34(29)22-11-7-4-8-12-22/h3-20,38-40H,1-2H3. The molecule has 0 amide bonds. The Morgan fingerprint density at radius 3 is 1.83 bits per heavy atom. The highest BCUT2D eigenvalue weighted by molar-refractivity contribution is 6.58. The van der Waals surface area contributed by atoms with Gasteiger partial charge in [-0.3, -0.25) is 0 Å². The molecule has 0 heterocycles. The normalized spacial score (nSPS) is 13.2. The predicted octanol–water partition coefficient (Wildman–Crippen LogP) is 6.22. The maximum Gasteiger partial charge on any atom is 0.569 e. The summed E-state index contributed by atoms with van der Waals surface area (Å²) >= 11 is 0. The minimum absolute atomic E-state index is 0.339. The Balaban J connectivity index is 1.67. The number of hydrogen-bond acceptors (Lipinski definition) is 4. The number of hydrogen-bond donors (Lipinski definition) is 3. The monoisotopic (exact) mass is 533 g/mol. The fourth-order valence-electron chi connectivity index (χ4n) is 6.58. The first kappa shape index (κ1) is 25.6. The fraction of sp³-hybridized carbons (Fsp3) is 0.0857. The maximum atomic E-state index is 9.92. The van der Waals surface area contributed by atoms with Crippen LogP contribution in [0.25, 0.3) is 54.9 Å². The lowest BCUT2D eigenvalue weighted by Crippen LogP contribution is -2.31. The van der Waals surface area contributed by atoms with E-state index in [0.717, 1.165) is 60.5 Å². The van der Waals surface area contributed by atoms with Crippen molar-refractivity contribution in [1.29, 1.82) is 0 Å². The van der Waals surface area contributed by atoms with Crippen molar-refractivity contribution in [2.75, 3.05) is 0 Å². The smallest absolute Gasteiger partial charge is 0.537 e. The quantitative estimate of drug-likeness (QED) is 0.182. The van der Waals surface area contributed by atoms with Gasteiger partial charge in [-0.15, -0.1) is 0 Å². The van der Waals surface area contributed by atoms with Crippen molar-refractivity contribution < 1.29 is 19.7 Å². The molecular weight excluding hydrogens is 506 g/mol. The molecule has 6 aromatic rings. The highest BCUT2D eigenvalue weighted by Crippen LogP contribution is 2.53. The zero-order chi connectivity index (χ0) is 28.3. The molecule has 0 atom stereocenters. The first-order valence-electron chi connectivity index (χ1n) is 13.7. The van der Waals surface area contributed by atoms with Crippen LogP contribution >= 0.6 is 0 Å². The van der Waals surface area contributed by atoms with Crippen LogP contribution < -0.4 is 10.1 Å². The summed E-state index contributed by atoms with van der Waals surface area (Å²) in [7, 11) is -0.808. The summed E-state index contributed by atoms with van der Waals surface area (Å²) in [5.41, 5.74) is 9.10. The van der Waals surface area contributed by atoms with E-state index in [2.05, 4.69) is 68.4 Å². The van der Waals surface area contributed by atoms with Crippen LogP contribution in [0.1, 0.15) is 25.0 Å². The minimum Gasteiger partial charge on any atom is -0.537 e. The van der Waals surface area contributed by atoms with Crippen molar-refractivity contribution in [3.8, 4) is 39.1 Å². The summed E-state index contributed by atoms with van der Waals surface area (Å²) in [5, 5.41) is 33.6. The van der Waals surface area contributed by atoms with Crippen LogP contribution in [0, 0.1) is 0 Å². The SMILES string of the molecule is CC1(C)c2cc(B(O)O)ccc2-c2cc3c(-c4ccccc4)c4cc(O[B]O)ccc4c(-c4ccccc4)c3cc21. The average molecular weight is 533 g/mol. The van der Waals surface area contributed by atoms with Gasteiger partial charge in [0.25, 0.3) is 0 Å². The van der Waals surface area contributed by atoms with Crippen LogP contribution in [-0.2, 0) is 5.41 Å². The van der Waals surface area contributed by atoms with E-state index >= 15 is 0 Å². The van der Waals surface area contributed by atoms with Crippen molar-refractivity contribution >= 4 is 41.8 Å². The molecule has 4 nitrogen and oxygen atoms in total. The molecule has 3 N–H and O–H groups in total. The third kappa shape index (κ3) is 3.98. The molecule has 0 fully saturated rings. The summed E-state index contributed by atoms with van der Waals surface area (Å²) in [6.45, 7) is 4.40. The summed E-state index contributed by atoms with van der Waals surface area (Å²) < 4.78 is 5.43. The molecule has 6 heteroatoms. The largest absolute Gasteiger partial charge is 0.569 e. The van der Waals surface area contributed by atoms with E-state index < -0.39 is 7.12 Å². The van der Waals surface area contributed by atoms with Gasteiger partial charge in [0.1, 0.15) is 5.75 Å². The number of fused-ring (bicyclic) bond motifs is 5. The number of benzene rings is 6. The van der Waals surface area contributed by atoms with E-state index in [1.165, 1.54) is 5.56 Å². The van der Waals surface area contributed by atoms with E-state index in [1.54, 1.807) is 6.07 Å². The van der Waals surface area contributed by atoms with Gasteiger partial charge in [-0.05, 0) is 95.8 Å². The lowest BCUT2D eigenvalue weighted by Gasteiger charge is -2.24. The van der Waals surface area contributed by atoms with E-state index in [1.807, 2.05) is 48.5 Å². The molecule has 1 radical (unpaired) electrons. The predicted molar refractivity (Wildman–Crippen MR) is 168 cm³/mol. The third-order valence-corrected chi connectivity index (χ3v) is 8.52. The Kier molecular flexibility index (Phi) is 6.02. The molecule has 0 aliphatic heterocycles. The topological polar surface area (TPSA) is 69.9 Å². The van der Waals surface area contributed by atoms with E-state index in [4.69, 9.17) is 4.65 Å². The fourth-order valence-corrected chi connectivity index (χ4v) is 6.58. The second-order valence-electron chi connectivity index (χ2n) is 11.2. The van der Waals surface area contributed by atoms with Crippen molar-refractivity contribution in [3.05, 3.63) is 120 Å². The Bertz CT molecular complexity index is 1950. The van der Waals surface area contributed by atoms with Crippen LogP contribution in [-0.4, -0.2) is 29.9 Å². The van der Waals surface area contributed by atoms with Crippen molar-refractivity contribution in [2.24, 2.45) is 0 Å². The summed E-state index contributed by atoms with van der Waals surface area (Å²) in [6.07, 6.45) is 0. The Morgan fingerprint density at radius 1 is 0.610 bits per heavy atom. The van der Waals surface area contributed by atoms with Gasteiger partial charge in [0.05, 0.1) is 0 Å². The molecule has 1 aliphatic carbocycles. The summed E-state index contributed by atoms with van der Waals surface area (Å²) in [5.74, 6) is 0.554. The number of rotatable bonds is 5. The second kappa shape index (κ2) is 9.64. The molecule has 0 aromatic heterocycles. The van der Waals surface area contributed by atoms with Gasteiger partial charge in [-0.2, -0.15) is 0 Å². The Morgan fingerprint density at radius 2 is 1.20 bits per heavy atom. The van der Waals surface area contributed by atoms with Gasteiger partial charge in [0, 0.05) is 5.41 Å². The minimum atomic E-state index is -1.52. The Labute approximate surface area is 240 Å². The van der Waals surface area contributed by atoms with Crippen molar-refractivity contribution in [2.45, 2.75) is 19.3 Å². The molecule has 0 bridgehead atoms. The second-order valence-corrected chi connectivity index (χ2v) is 11.2. The van der Waals surface area contributed by atoms with Gasteiger partial charge in [-0.25, -0.2) is 0 Å². The molecule has 41 heavy (non-hydrogen) atoms. The van der Waals surface area contributed by atoms with Crippen LogP contribution in [0.2, 0.25) is 0 Å². The highest BCUT2D eigenvalue weighted by Gasteiger charge is 2.37. The van der Waals surface area contributed by atoms with Crippen LogP contribution in [0.4, 0.5) is 0 Å². The van der Waals surface area contributed by atoms with Crippen molar-refractivity contribution in [1.82, 2.24) is 0 Å². The van der Waals surface area contributed by atoms with E-state index in [-0.39, 0.29) is 5.41 Å². The molecule has 6 aromatic carbocycles. The van der Waals surface area contributed by atoms with E-state index in [9.17, 15) is 15.1 Å². The lowest BCUT2D eigenvalue weighted by molar-refractivity contribution is 0.425. The summed E-state index contributed by atoms with van der Waals surface area (Å²) in [6, 6.07) is 37.1. The molecule has 7 rings (SSSR count).